The van der Waals surface area contributed by atoms with Crippen LogP contribution < -0.4 is 11.1 Å². The molecule has 0 radical (unpaired) electrons. The fourth-order valence-corrected chi connectivity index (χ4v) is 3.02. The van der Waals surface area contributed by atoms with Crippen molar-refractivity contribution in [3.8, 4) is 6.07 Å². The van der Waals surface area contributed by atoms with Crippen LogP contribution in [-0.2, 0) is 4.79 Å². The van der Waals surface area contributed by atoms with E-state index in [-0.39, 0.29) is 11.7 Å². The first-order chi connectivity index (χ1) is 9.53. The monoisotopic (exact) mass is 291 g/mol. The molecule has 1 aliphatic carbocycles. The third-order valence-electron chi connectivity index (χ3n) is 3.24. The topological polar surface area (TPSA) is 105 Å². The van der Waals surface area contributed by atoms with E-state index in [0.717, 1.165) is 31.4 Å². The van der Waals surface area contributed by atoms with E-state index in [1.807, 2.05) is 6.92 Å². The maximum absolute atomic E-state index is 11.9. The van der Waals surface area contributed by atoms with Gasteiger partial charge in [0.2, 0.25) is 5.91 Å². The van der Waals surface area contributed by atoms with Crippen molar-refractivity contribution in [1.29, 1.82) is 5.26 Å². The SMILES string of the molecule is Cc1cc(N)nc(SCC(=O)NC2(C#N)CCCC2)n1. The largest absolute Gasteiger partial charge is 0.384 e. The quantitative estimate of drug-likeness (QED) is 0.642. The maximum Gasteiger partial charge on any atom is 0.231 e. The molecule has 1 aliphatic rings. The smallest absolute Gasteiger partial charge is 0.231 e. The summed E-state index contributed by atoms with van der Waals surface area (Å²) in [5, 5.41) is 12.5. The number of hydrogen-bond acceptors (Lipinski definition) is 6. The maximum atomic E-state index is 11.9. The van der Waals surface area contributed by atoms with E-state index in [0.29, 0.717) is 11.0 Å². The first kappa shape index (κ1) is 14.6. The predicted octanol–water partition coefficient (Wildman–Crippen LogP) is 1.41. The molecule has 1 saturated carbocycles. The van der Waals surface area contributed by atoms with Crippen molar-refractivity contribution in [2.75, 3.05) is 11.5 Å². The van der Waals surface area contributed by atoms with Gasteiger partial charge in [-0.2, -0.15) is 5.26 Å². The van der Waals surface area contributed by atoms with Crippen LogP contribution in [0.4, 0.5) is 5.82 Å². The minimum absolute atomic E-state index is 0.165. The average Bonchev–Trinajstić information content (AvgIpc) is 2.84. The minimum Gasteiger partial charge on any atom is -0.384 e. The van der Waals surface area contributed by atoms with Crippen molar-refractivity contribution in [2.45, 2.75) is 43.3 Å². The van der Waals surface area contributed by atoms with Gasteiger partial charge in [-0.3, -0.25) is 4.79 Å². The van der Waals surface area contributed by atoms with Crippen LogP contribution in [0.1, 0.15) is 31.4 Å². The summed E-state index contributed by atoms with van der Waals surface area (Å²) in [5.74, 6) is 0.415. The number of nitrogen functional groups attached to an aromatic ring is 1. The van der Waals surface area contributed by atoms with Crippen LogP contribution in [0.3, 0.4) is 0 Å². The molecule has 106 valence electrons. The van der Waals surface area contributed by atoms with Crippen molar-refractivity contribution in [3.05, 3.63) is 11.8 Å². The van der Waals surface area contributed by atoms with Crippen LogP contribution in [-0.4, -0.2) is 27.2 Å². The summed E-state index contributed by atoms with van der Waals surface area (Å²) in [6.07, 6.45) is 3.43. The zero-order valence-electron chi connectivity index (χ0n) is 11.3. The number of nitrogens with zero attached hydrogens (tertiary/aromatic N) is 3. The van der Waals surface area contributed by atoms with Crippen LogP contribution in [0.25, 0.3) is 0 Å². The van der Waals surface area contributed by atoms with E-state index in [2.05, 4.69) is 21.4 Å². The fourth-order valence-electron chi connectivity index (χ4n) is 2.31. The molecule has 0 bridgehead atoms. The lowest BCUT2D eigenvalue weighted by Crippen LogP contribution is -2.45. The Morgan fingerprint density at radius 3 is 2.85 bits per heavy atom. The zero-order chi connectivity index (χ0) is 14.6. The van der Waals surface area contributed by atoms with E-state index >= 15 is 0 Å². The number of hydrogen-bond donors (Lipinski definition) is 2. The fraction of sp³-hybridized carbons (Fsp3) is 0.538. The molecule has 1 heterocycles. The molecule has 7 heteroatoms. The Labute approximate surface area is 122 Å². The molecule has 1 aromatic heterocycles. The summed E-state index contributed by atoms with van der Waals surface area (Å²) in [6, 6.07) is 3.91. The molecule has 1 amide bonds. The Kier molecular flexibility index (Phi) is 4.45. The highest BCUT2D eigenvalue weighted by Gasteiger charge is 2.35. The third kappa shape index (κ3) is 3.61. The molecule has 6 nitrogen and oxygen atoms in total. The third-order valence-corrected chi connectivity index (χ3v) is 4.08. The van der Waals surface area contributed by atoms with E-state index in [4.69, 9.17) is 5.73 Å². The Bertz CT molecular complexity index is 528. The van der Waals surface area contributed by atoms with Crippen molar-refractivity contribution in [1.82, 2.24) is 15.3 Å². The number of aryl methyl sites for hydroxylation is 1. The summed E-state index contributed by atoms with van der Waals surface area (Å²) < 4.78 is 0. The molecular weight excluding hydrogens is 274 g/mol. The van der Waals surface area contributed by atoms with Gasteiger partial charge < -0.3 is 11.1 Å². The Morgan fingerprint density at radius 1 is 1.55 bits per heavy atom. The number of nitriles is 1. The van der Waals surface area contributed by atoms with Crippen molar-refractivity contribution in [2.24, 2.45) is 0 Å². The number of carbonyl (C=O) groups is 1. The molecule has 1 aromatic rings. The number of anilines is 1. The van der Waals surface area contributed by atoms with Crippen molar-refractivity contribution >= 4 is 23.5 Å². The minimum atomic E-state index is -0.676. The molecule has 0 aliphatic heterocycles. The van der Waals surface area contributed by atoms with Crippen molar-refractivity contribution < 1.29 is 4.79 Å². The molecule has 0 saturated heterocycles. The highest BCUT2D eigenvalue weighted by Crippen LogP contribution is 2.29. The number of amides is 1. The normalized spacial score (nSPS) is 16.6. The first-order valence-corrected chi connectivity index (χ1v) is 7.48. The lowest BCUT2D eigenvalue weighted by molar-refractivity contribution is -0.119. The summed E-state index contributed by atoms with van der Waals surface area (Å²) in [4.78, 5) is 20.2. The van der Waals surface area contributed by atoms with E-state index in [1.54, 1.807) is 6.07 Å². The zero-order valence-corrected chi connectivity index (χ0v) is 12.2. The Balaban J connectivity index is 1.90. The van der Waals surface area contributed by atoms with Crippen LogP contribution >= 0.6 is 11.8 Å². The lowest BCUT2D eigenvalue weighted by atomic mass is 10.0. The molecule has 3 N–H and O–H groups in total. The standard InChI is InChI=1S/C13H17N5OS/c1-9-6-10(15)17-12(16-9)20-7-11(19)18-13(8-14)4-2-3-5-13/h6H,2-5,7H2,1H3,(H,18,19)(H2,15,16,17). The first-order valence-electron chi connectivity index (χ1n) is 6.49. The summed E-state index contributed by atoms with van der Waals surface area (Å²) in [6.45, 7) is 1.82. The van der Waals surface area contributed by atoms with Gasteiger partial charge in [0.15, 0.2) is 5.16 Å². The molecule has 0 unspecified atom stereocenters. The second-order valence-corrected chi connectivity index (χ2v) is 5.90. The second-order valence-electron chi connectivity index (χ2n) is 4.95. The van der Waals surface area contributed by atoms with Gasteiger partial charge >= 0.3 is 0 Å². The summed E-state index contributed by atoms with van der Waals surface area (Å²) in [7, 11) is 0. The number of aromatic nitrogens is 2. The highest BCUT2D eigenvalue weighted by molar-refractivity contribution is 7.99. The summed E-state index contributed by atoms with van der Waals surface area (Å²) in [5.41, 5.74) is 5.72. The molecule has 2 rings (SSSR count). The summed E-state index contributed by atoms with van der Waals surface area (Å²) >= 11 is 1.23. The number of nitrogens with two attached hydrogens (primary N) is 1. The molecule has 0 atom stereocenters. The molecular formula is C13H17N5OS. The molecule has 1 fully saturated rings. The van der Waals surface area contributed by atoms with E-state index in [1.165, 1.54) is 11.8 Å². The predicted molar refractivity (Wildman–Crippen MR) is 76.9 cm³/mol. The van der Waals surface area contributed by atoms with Gasteiger partial charge in [0, 0.05) is 11.8 Å². The van der Waals surface area contributed by atoms with Gasteiger partial charge in [-0.1, -0.05) is 11.8 Å². The van der Waals surface area contributed by atoms with Gasteiger partial charge in [0.25, 0.3) is 0 Å². The van der Waals surface area contributed by atoms with Gasteiger partial charge in [0.05, 0.1) is 11.8 Å². The second kappa shape index (κ2) is 6.09. The number of rotatable bonds is 4. The van der Waals surface area contributed by atoms with Gasteiger partial charge in [-0.25, -0.2) is 9.97 Å². The molecule has 0 aromatic carbocycles. The highest BCUT2D eigenvalue weighted by atomic mass is 32.2. The van der Waals surface area contributed by atoms with Crippen LogP contribution in [0, 0.1) is 18.3 Å². The van der Waals surface area contributed by atoms with Gasteiger partial charge in [-0.15, -0.1) is 0 Å². The Hall–Kier alpha value is -1.81. The van der Waals surface area contributed by atoms with Crippen molar-refractivity contribution in [3.63, 3.8) is 0 Å². The number of thioether (sulfide) groups is 1. The van der Waals surface area contributed by atoms with Crippen LogP contribution in [0.15, 0.2) is 11.2 Å². The van der Waals surface area contributed by atoms with Gasteiger partial charge in [0.1, 0.15) is 11.4 Å². The molecule has 20 heavy (non-hydrogen) atoms. The number of carbonyl (C=O) groups excluding carboxylic acids is 1. The van der Waals surface area contributed by atoms with E-state index in [9.17, 15) is 10.1 Å². The lowest BCUT2D eigenvalue weighted by Gasteiger charge is -2.21. The number of nitrogens with one attached hydrogen (secondary N) is 1. The molecule has 0 spiro atoms. The van der Waals surface area contributed by atoms with Gasteiger partial charge in [-0.05, 0) is 32.6 Å². The Morgan fingerprint density at radius 2 is 2.25 bits per heavy atom. The average molecular weight is 291 g/mol. The van der Waals surface area contributed by atoms with Crippen LogP contribution in [0.5, 0.6) is 0 Å². The van der Waals surface area contributed by atoms with E-state index < -0.39 is 5.54 Å². The van der Waals surface area contributed by atoms with Crippen LogP contribution in [0.2, 0.25) is 0 Å².